The molecule has 0 unspecified atom stereocenters. The molecule has 1 aliphatic rings. The lowest BCUT2D eigenvalue weighted by atomic mass is 9.99. The smallest absolute Gasteiger partial charge is 0.282 e. The number of ether oxygens (including phenoxy) is 1. The summed E-state index contributed by atoms with van der Waals surface area (Å²) in [6.45, 7) is 2.85. The summed E-state index contributed by atoms with van der Waals surface area (Å²) in [5.41, 5.74) is 2.03. The molecule has 0 saturated carbocycles. The molecule has 0 aromatic carbocycles. The summed E-state index contributed by atoms with van der Waals surface area (Å²) in [6.07, 6.45) is 1.21. The number of aryl methyl sites for hydroxylation is 2. The molecule has 0 spiro atoms. The summed E-state index contributed by atoms with van der Waals surface area (Å²) in [4.78, 5) is 7.47. The number of nitriles is 1. The average molecular weight is 441 g/mol. The Morgan fingerprint density at radius 3 is 2.84 bits per heavy atom. The van der Waals surface area contributed by atoms with E-state index in [1.807, 2.05) is 6.07 Å². The number of nitrogens with one attached hydrogen (secondary N) is 1. The number of halogens is 2. The van der Waals surface area contributed by atoms with Crippen LogP contribution < -0.4 is 4.74 Å². The van der Waals surface area contributed by atoms with Gasteiger partial charge in [0.25, 0.3) is 6.43 Å². The van der Waals surface area contributed by atoms with Crippen molar-refractivity contribution in [3.05, 3.63) is 35.9 Å². The van der Waals surface area contributed by atoms with Gasteiger partial charge in [0.15, 0.2) is 5.69 Å². The number of rotatable bonds is 3. The number of nitrogens with zero attached hydrogens (tertiary/aromatic N) is 6. The average Bonchev–Trinajstić information content (AvgIpc) is 3.45. The summed E-state index contributed by atoms with van der Waals surface area (Å²) in [5.74, 6) is 0.293. The minimum atomic E-state index is -2.79. The number of aliphatic hydroxyl groups is 1. The summed E-state index contributed by atoms with van der Waals surface area (Å²) in [5, 5.41) is 26.1. The Kier molecular flexibility index (Phi) is 5.87. The van der Waals surface area contributed by atoms with Gasteiger partial charge in [0, 0.05) is 55.5 Å². The van der Waals surface area contributed by atoms with E-state index in [0.717, 1.165) is 0 Å². The van der Waals surface area contributed by atoms with Gasteiger partial charge < -0.3 is 14.8 Å². The predicted molar refractivity (Wildman–Crippen MR) is 112 cm³/mol. The van der Waals surface area contributed by atoms with E-state index in [1.165, 1.54) is 9.36 Å². The number of fused-ring (bicyclic) bond motifs is 2. The van der Waals surface area contributed by atoms with Crippen LogP contribution in [0.2, 0.25) is 0 Å². The zero-order valence-corrected chi connectivity index (χ0v) is 17.5. The molecule has 11 heteroatoms. The van der Waals surface area contributed by atoms with E-state index < -0.39 is 6.43 Å². The third kappa shape index (κ3) is 3.58. The van der Waals surface area contributed by atoms with Crippen molar-refractivity contribution in [3.8, 4) is 34.3 Å². The molecule has 1 aliphatic heterocycles. The molecule has 0 amide bonds. The van der Waals surface area contributed by atoms with Gasteiger partial charge in [-0.25, -0.2) is 18.4 Å². The molecule has 4 aromatic heterocycles. The monoisotopic (exact) mass is 441 g/mol. The molecule has 0 bridgehead atoms. The summed E-state index contributed by atoms with van der Waals surface area (Å²) >= 11 is 0. The SMILES string of the molecule is CCO.Cn1cc(-c2c(-c3c(C(F)F)nn4c3OCCC4)[nH]c3ncccc23)c(C#N)n1. The van der Waals surface area contributed by atoms with Crippen LogP contribution in [-0.4, -0.2) is 47.8 Å². The topological polar surface area (TPSA) is 118 Å². The number of hydrogen-bond donors (Lipinski definition) is 2. The highest BCUT2D eigenvalue weighted by Crippen LogP contribution is 2.46. The van der Waals surface area contributed by atoms with E-state index >= 15 is 0 Å². The van der Waals surface area contributed by atoms with E-state index in [2.05, 4.69) is 26.2 Å². The number of aliphatic hydroxyl groups excluding tert-OH is 1. The van der Waals surface area contributed by atoms with Crippen molar-refractivity contribution < 1.29 is 18.6 Å². The zero-order chi connectivity index (χ0) is 22.8. The van der Waals surface area contributed by atoms with Crippen molar-refractivity contribution in [2.75, 3.05) is 13.2 Å². The summed E-state index contributed by atoms with van der Waals surface area (Å²) in [6, 6.07) is 5.65. The van der Waals surface area contributed by atoms with Crippen molar-refractivity contribution in [1.82, 2.24) is 29.5 Å². The molecular formula is C21H21F2N7O2. The minimum Gasteiger partial charge on any atom is -0.477 e. The fourth-order valence-corrected chi connectivity index (χ4v) is 3.78. The van der Waals surface area contributed by atoms with Crippen LogP contribution in [0.5, 0.6) is 5.88 Å². The normalized spacial score (nSPS) is 12.8. The third-order valence-electron chi connectivity index (χ3n) is 4.92. The van der Waals surface area contributed by atoms with Gasteiger partial charge in [-0.3, -0.25) is 4.68 Å². The van der Waals surface area contributed by atoms with Gasteiger partial charge in [0.1, 0.15) is 17.4 Å². The first-order valence-corrected chi connectivity index (χ1v) is 10.0. The van der Waals surface area contributed by atoms with Crippen LogP contribution in [0.15, 0.2) is 24.5 Å². The van der Waals surface area contributed by atoms with Crippen molar-refractivity contribution in [2.45, 2.75) is 26.3 Å². The van der Waals surface area contributed by atoms with Crippen molar-refractivity contribution in [2.24, 2.45) is 7.05 Å². The van der Waals surface area contributed by atoms with Gasteiger partial charge in [-0.05, 0) is 19.1 Å². The maximum atomic E-state index is 13.9. The Morgan fingerprint density at radius 1 is 1.34 bits per heavy atom. The zero-order valence-electron chi connectivity index (χ0n) is 17.5. The lowest BCUT2D eigenvalue weighted by molar-refractivity contribution is 0.145. The van der Waals surface area contributed by atoms with E-state index in [1.54, 1.807) is 32.4 Å². The van der Waals surface area contributed by atoms with E-state index in [0.29, 0.717) is 53.3 Å². The Morgan fingerprint density at radius 2 is 2.12 bits per heavy atom. The molecule has 0 saturated heterocycles. The van der Waals surface area contributed by atoms with Crippen LogP contribution >= 0.6 is 0 Å². The maximum Gasteiger partial charge on any atom is 0.282 e. The van der Waals surface area contributed by atoms with Crippen LogP contribution in [0, 0.1) is 11.3 Å². The van der Waals surface area contributed by atoms with Crippen molar-refractivity contribution in [3.63, 3.8) is 0 Å². The van der Waals surface area contributed by atoms with Gasteiger partial charge in [-0.2, -0.15) is 15.5 Å². The number of H-pyrrole nitrogens is 1. The Bertz CT molecular complexity index is 1300. The number of alkyl halides is 2. The quantitative estimate of drug-likeness (QED) is 0.503. The van der Waals surface area contributed by atoms with Gasteiger partial charge in [0.2, 0.25) is 5.88 Å². The van der Waals surface area contributed by atoms with Gasteiger partial charge in [0.05, 0.1) is 17.9 Å². The molecule has 166 valence electrons. The fourth-order valence-electron chi connectivity index (χ4n) is 3.78. The molecule has 5 heterocycles. The largest absolute Gasteiger partial charge is 0.477 e. The highest BCUT2D eigenvalue weighted by molar-refractivity contribution is 6.04. The second kappa shape index (κ2) is 8.76. The third-order valence-corrected chi connectivity index (χ3v) is 4.92. The molecule has 0 radical (unpaired) electrons. The summed E-state index contributed by atoms with van der Waals surface area (Å²) in [7, 11) is 1.70. The van der Waals surface area contributed by atoms with E-state index in [9.17, 15) is 14.0 Å². The first kappa shape index (κ1) is 21.5. The highest BCUT2D eigenvalue weighted by atomic mass is 19.3. The van der Waals surface area contributed by atoms with Crippen LogP contribution in [-0.2, 0) is 13.6 Å². The van der Waals surface area contributed by atoms with Crippen LogP contribution in [0.3, 0.4) is 0 Å². The van der Waals surface area contributed by atoms with Crippen LogP contribution in [0.4, 0.5) is 8.78 Å². The number of hydrogen-bond acceptors (Lipinski definition) is 6. The Hall–Kier alpha value is -3.78. The van der Waals surface area contributed by atoms with Crippen LogP contribution in [0.1, 0.15) is 31.2 Å². The van der Waals surface area contributed by atoms with Crippen molar-refractivity contribution >= 4 is 11.0 Å². The lowest BCUT2D eigenvalue weighted by Crippen LogP contribution is -2.15. The first-order valence-electron chi connectivity index (χ1n) is 10.0. The molecule has 4 aromatic rings. The second-order valence-corrected chi connectivity index (χ2v) is 7.06. The van der Waals surface area contributed by atoms with Gasteiger partial charge in [-0.15, -0.1) is 0 Å². The second-order valence-electron chi connectivity index (χ2n) is 7.06. The van der Waals surface area contributed by atoms with Gasteiger partial charge in [-0.1, -0.05) is 0 Å². The predicted octanol–water partition coefficient (Wildman–Crippen LogP) is 3.42. The fraction of sp³-hybridized carbons (Fsp3) is 0.333. The summed E-state index contributed by atoms with van der Waals surface area (Å²) < 4.78 is 36.5. The molecule has 0 aliphatic carbocycles. The molecule has 2 N–H and O–H groups in total. The molecular weight excluding hydrogens is 420 g/mol. The molecule has 9 nitrogen and oxygen atoms in total. The number of aromatic nitrogens is 6. The standard InChI is InChI=1S/C19H15F2N7O.C2H6O/c1-27-9-11(12(8-22)25-27)13-10-4-2-5-23-18(10)24-15(13)14-16(17(20)21)26-28-6-3-7-29-19(14)28;1-2-3/h2,4-5,9,17H,3,6-7H2,1H3,(H,23,24);3H,2H2,1H3. The Labute approximate surface area is 181 Å². The molecule has 0 fully saturated rings. The number of aromatic amines is 1. The van der Waals surface area contributed by atoms with E-state index in [-0.39, 0.29) is 23.6 Å². The Balaban J connectivity index is 0.000000775. The highest BCUT2D eigenvalue weighted by Gasteiger charge is 2.32. The van der Waals surface area contributed by atoms with Crippen molar-refractivity contribution in [1.29, 1.82) is 5.26 Å². The minimum absolute atomic E-state index is 0.194. The first-order chi connectivity index (χ1) is 15.5. The molecule has 32 heavy (non-hydrogen) atoms. The maximum absolute atomic E-state index is 13.9. The lowest BCUT2D eigenvalue weighted by Gasteiger charge is -2.16. The van der Waals surface area contributed by atoms with Gasteiger partial charge >= 0.3 is 0 Å². The van der Waals surface area contributed by atoms with Crippen LogP contribution in [0.25, 0.3) is 33.4 Å². The molecule has 5 rings (SSSR count). The van der Waals surface area contributed by atoms with E-state index in [4.69, 9.17) is 9.84 Å². The molecule has 0 atom stereocenters. The number of pyridine rings is 1.